The van der Waals surface area contributed by atoms with Crippen molar-refractivity contribution in [3.05, 3.63) is 62.5 Å². The third-order valence-corrected chi connectivity index (χ3v) is 16.7. The van der Waals surface area contributed by atoms with Gasteiger partial charge in [-0.2, -0.15) is 0 Å². The number of allylic oxidation sites excluding steroid dienone is 1. The van der Waals surface area contributed by atoms with Gasteiger partial charge < -0.3 is 14.6 Å². The van der Waals surface area contributed by atoms with Crippen LogP contribution in [-0.4, -0.2) is 49.9 Å². The third-order valence-electron chi connectivity index (χ3n) is 16.4. The van der Waals surface area contributed by atoms with E-state index in [1.54, 1.807) is 32.0 Å². The van der Waals surface area contributed by atoms with Gasteiger partial charge in [-0.25, -0.2) is 4.68 Å². The first-order valence-corrected chi connectivity index (χ1v) is 22.2. The number of aromatic amines is 1. The van der Waals surface area contributed by atoms with E-state index in [2.05, 4.69) is 46.6 Å². The summed E-state index contributed by atoms with van der Waals surface area (Å²) >= 11 is 6.14. The molecule has 10 heteroatoms. The van der Waals surface area contributed by atoms with Gasteiger partial charge in [0.1, 0.15) is 11.7 Å². The molecule has 0 saturated heterocycles. The number of Topliss-reactive ketones (excluding diaryl/α,β-unsaturated/α-hetero) is 1. The standard InChI is InChI=1S/C48H67ClN2O7/c1-28(2)39-34(52)26-47(25-31-24-37(53)51(50-31)32-14-12-30(49)13-15-32)23-22-46(11)45(10)20-16-33-29(3)35(57-38(54)27-43(7,8)41(55)58-42(4,5)6)17-19-44(33,9)36(45)18-21-48(46,56)40(39)47/h12-15,24,28-29,33,35-36,50,56H,16-23,25-27H2,1-11H3. The number of ketones is 1. The van der Waals surface area contributed by atoms with Gasteiger partial charge in [0.25, 0.3) is 5.56 Å². The van der Waals surface area contributed by atoms with Crippen molar-refractivity contribution in [2.45, 2.75) is 164 Å². The van der Waals surface area contributed by atoms with E-state index in [-0.39, 0.29) is 52.5 Å². The molecular formula is C48H67ClN2O7. The maximum atomic E-state index is 14.2. The van der Waals surface area contributed by atoms with E-state index in [0.29, 0.717) is 41.8 Å². The Morgan fingerprint density at radius 1 is 0.966 bits per heavy atom. The summed E-state index contributed by atoms with van der Waals surface area (Å²) in [4.78, 5) is 53.9. The first kappa shape index (κ1) is 42.9. The fourth-order valence-electron chi connectivity index (χ4n) is 13.5. The summed E-state index contributed by atoms with van der Waals surface area (Å²) in [6.45, 7) is 22.6. The molecule has 4 fully saturated rings. The Balaban J connectivity index is 1.15. The highest BCUT2D eigenvalue weighted by Gasteiger charge is 2.74. The Labute approximate surface area is 350 Å². The summed E-state index contributed by atoms with van der Waals surface area (Å²) in [5.41, 5.74) is -1.09. The van der Waals surface area contributed by atoms with Crippen LogP contribution in [0.2, 0.25) is 5.02 Å². The van der Waals surface area contributed by atoms with Crippen molar-refractivity contribution < 1.29 is 29.0 Å². The summed E-state index contributed by atoms with van der Waals surface area (Å²) in [5.74, 6) is 0.153. The zero-order chi connectivity index (χ0) is 42.6. The molecule has 0 bridgehead atoms. The molecule has 0 amide bonds. The lowest BCUT2D eigenvalue weighted by atomic mass is 9.32. The lowest BCUT2D eigenvalue weighted by molar-refractivity contribution is -0.260. The number of fused-ring (bicyclic) bond motifs is 7. The highest BCUT2D eigenvalue weighted by Crippen LogP contribution is 2.77. The SMILES string of the molecule is CC(C)C1=C2C(Cc3cc(=O)n(-c4ccc(Cl)cc4)[nH]3)(CCC3(C)C2(O)CCC2C4(C)CCC(OC(=O)CC(C)(C)C(=O)OC(C)(C)C)C(C)C4CCC23C)CC1=O. The summed E-state index contributed by atoms with van der Waals surface area (Å²) in [6, 6.07) is 8.78. The molecule has 0 spiro atoms. The molecule has 1 aromatic carbocycles. The van der Waals surface area contributed by atoms with E-state index in [1.807, 2.05) is 32.9 Å². The second-order valence-corrected chi connectivity index (χ2v) is 22.2. The normalized spacial score (nSPS) is 36.2. The van der Waals surface area contributed by atoms with Crippen LogP contribution in [0.1, 0.15) is 146 Å². The van der Waals surface area contributed by atoms with Gasteiger partial charge in [0, 0.05) is 39.6 Å². The fourth-order valence-corrected chi connectivity index (χ4v) is 13.6. The van der Waals surface area contributed by atoms with E-state index in [0.717, 1.165) is 61.8 Å². The number of hydrogen-bond acceptors (Lipinski definition) is 7. The number of H-pyrrole nitrogens is 1. The van der Waals surface area contributed by atoms with Crippen LogP contribution in [0.3, 0.4) is 0 Å². The molecule has 318 valence electrons. The van der Waals surface area contributed by atoms with E-state index in [1.165, 1.54) is 4.68 Å². The van der Waals surface area contributed by atoms with E-state index < -0.39 is 33.4 Å². The Bertz CT molecular complexity index is 2070. The van der Waals surface area contributed by atoms with Crippen molar-refractivity contribution in [2.75, 3.05) is 0 Å². The second-order valence-electron chi connectivity index (χ2n) is 21.8. The maximum absolute atomic E-state index is 14.2. The van der Waals surface area contributed by atoms with Crippen LogP contribution in [0.5, 0.6) is 0 Å². The van der Waals surface area contributed by atoms with Gasteiger partial charge in [0.05, 0.1) is 23.1 Å². The topological polar surface area (TPSA) is 128 Å². The first-order chi connectivity index (χ1) is 26.8. The third kappa shape index (κ3) is 6.67. The van der Waals surface area contributed by atoms with Crippen molar-refractivity contribution in [3.63, 3.8) is 0 Å². The molecule has 7 rings (SSSR count). The number of rotatable bonds is 8. The number of esters is 2. The van der Waals surface area contributed by atoms with Crippen LogP contribution in [0.4, 0.5) is 0 Å². The van der Waals surface area contributed by atoms with Crippen molar-refractivity contribution in [2.24, 2.45) is 50.7 Å². The minimum atomic E-state index is -1.18. The van der Waals surface area contributed by atoms with Gasteiger partial charge in [-0.3, -0.25) is 24.3 Å². The summed E-state index contributed by atoms with van der Waals surface area (Å²) in [6.07, 6.45) is 7.12. The van der Waals surface area contributed by atoms with Gasteiger partial charge in [0.2, 0.25) is 0 Å². The average molecular weight is 820 g/mol. The van der Waals surface area contributed by atoms with E-state index >= 15 is 0 Å². The zero-order valence-corrected chi connectivity index (χ0v) is 37.5. The maximum Gasteiger partial charge on any atom is 0.312 e. The van der Waals surface area contributed by atoms with Crippen molar-refractivity contribution in [1.82, 2.24) is 9.78 Å². The number of nitrogens with one attached hydrogen (secondary N) is 1. The Hall–Kier alpha value is -3.17. The van der Waals surface area contributed by atoms with Crippen molar-refractivity contribution in [1.29, 1.82) is 0 Å². The Morgan fingerprint density at radius 2 is 1.64 bits per heavy atom. The van der Waals surface area contributed by atoms with Crippen LogP contribution >= 0.6 is 11.6 Å². The zero-order valence-electron chi connectivity index (χ0n) is 36.8. The fraction of sp³-hybridized carbons (Fsp3) is 0.708. The second kappa shape index (κ2) is 14.2. The number of halogens is 1. The molecule has 0 aliphatic heterocycles. The first-order valence-electron chi connectivity index (χ1n) is 21.8. The number of nitrogens with zero attached hydrogens (tertiary/aromatic N) is 1. The summed E-state index contributed by atoms with van der Waals surface area (Å²) in [7, 11) is 0. The lowest BCUT2D eigenvalue weighted by Crippen LogP contribution is -2.70. The number of aromatic nitrogens is 2. The number of ether oxygens (including phenoxy) is 2. The molecule has 5 aliphatic carbocycles. The highest BCUT2D eigenvalue weighted by atomic mass is 35.5. The highest BCUT2D eigenvalue weighted by molar-refractivity contribution is 6.30. The van der Waals surface area contributed by atoms with Crippen molar-refractivity contribution in [3.8, 4) is 5.69 Å². The van der Waals surface area contributed by atoms with Gasteiger partial charge in [0.15, 0.2) is 5.78 Å². The van der Waals surface area contributed by atoms with Crippen molar-refractivity contribution >= 4 is 29.3 Å². The van der Waals surface area contributed by atoms with Crippen LogP contribution in [0.25, 0.3) is 5.69 Å². The van der Waals surface area contributed by atoms with Crippen LogP contribution in [-0.2, 0) is 30.3 Å². The molecule has 58 heavy (non-hydrogen) atoms. The molecule has 2 N–H and O–H groups in total. The lowest BCUT2D eigenvalue weighted by Gasteiger charge is -2.73. The van der Waals surface area contributed by atoms with Gasteiger partial charge in [-0.05, 0) is 157 Å². The van der Waals surface area contributed by atoms with Gasteiger partial charge in [-0.1, -0.05) is 53.1 Å². The molecule has 4 saturated carbocycles. The van der Waals surface area contributed by atoms with Crippen LogP contribution in [0, 0.1) is 50.7 Å². The minimum Gasteiger partial charge on any atom is -0.462 e. The Kier molecular flexibility index (Phi) is 10.5. The average Bonchev–Trinajstić information content (AvgIpc) is 3.62. The van der Waals surface area contributed by atoms with Crippen LogP contribution in [0.15, 0.2) is 46.3 Å². The molecular weight excluding hydrogens is 752 g/mol. The smallest absolute Gasteiger partial charge is 0.312 e. The van der Waals surface area contributed by atoms with E-state index in [4.69, 9.17) is 21.1 Å². The van der Waals surface area contributed by atoms with Crippen LogP contribution < -0.4 is 5.56 Å². The summed E-state index contributed by atoms with van der Waals surface area (Å²) < 4.78 is 13.4. The number of carbonyl (C=O) groups excluding carboxylic acids is 3. The van der Waals surface area contributed by atoms with Gasteiger partial charge in [-0.15, -0.1) is 0 Å². The molecule has 1 aromatic heterocycles. The molecule has 5 aliphatic rings. The molecule has 9 nitrogen and oxygen atoms in total. The molecule has 2 aromatic rings. The molecule has 0 radical (unpaired) electrons. The summed E-state index contributed by atoms with van der Waals surface area (Å²) in [5, 5.41) is 17.6. The number of aliphatic hydroxyl groups is 1. The van der Waals surface area contributed by atoms with Gasteiger partial charge >= 0.3 is 11.9 Å². The molecule has 9 atom stereocenters. The molecule has 9 unspecified atom stereocenters. The predicted octanol–water partition coefficient (Wildman–Crippen LogP) is 9.74. The Morgan fingerprint density at radius 3 is 2.28 bits per heavy atom. The predicted molar refractivity (Wildman–Crippen MR) is 225 cm³/mol. The number of carbonyl (C=O) groups is 3. The monoisotopic (exact) mass is 818 g/mol. The quantitative estimate of drug-likeness (QED) is 0.254. The minimum absolute atomic E-state index is 0.0190. The largest absolute Gasteiger partial charge is 0.462 e. The number of benzene rings is 1. The number of hydrogen-bond donors (Lipinski definition) is 2. The van der Waals surface area contributed by atoms with E-state index in [9.17, 15) is 24.3 Å². The molecule has 1 heterocycles.